The molecule has 0 radical (unpaired) electrons. The van der Waals surface area contributed by atoms with E-state index in [9.17, 15) is 9.59 Å². The van der Waals surface area contributed by atoms with Crippen molar-refractivity contribution in [2.45, 2.75) is 33.3 Å². The zero-order chi connectivity index (χ0) is 14.8. The average molecular weight is 375 g/mol. The number of amides is 1. The lowest BCUT2D eigenvalue weighted by molar-refractivity contribution is 0.0589. The molecule has 19 heavy (non-hydrogen) atoms. The molecule has 4 nitrogen and oxygen atoms in total. The Labute approximate surface area is 127 Å². The van der Waals surface area contributed by atoms with E-state index in [1.165, 1.54) is 4.90 Å². The van der Waals surface area contributed by atoms with Gasteiger partial charge in [0.2, 0.25) is 0 Å². The molecular weight excluding hydrogens is 357 g/mol. The lowest BCUT2D eigenvalue weighted by Gasteiger charge is -2.26. The highest BCUT2D eigenvalue weighted by Gasteiger charge is 2.22. The maximum Gasteiger partial charge on any atom is 0.414 e. The van der Waals surface area contributed by atoms with Crippen molar-refractivity contribution in [3.8, 4) is 0 Å². The van der Waals surface area contributed by atoms with Gasteiger partial charge >= 0.3 is 6.09 Å². The molecule has 0 atom stereocenters. The van der Waals surface area contributed by atoms with Crippen molar-refractivity contribution in [3.05, 3.63) is 26.8 Å². The number of ether oxygens (including phenoxy) is 1. The third-order valence-electron chi connectivity index (χ3n) is 2.54. The van der Waals surface area contributed by atoms with Gasteiger partial charge in [-0.1, -0.05) is 0 Å². The van der Waals surface area contributed by atoms with Gasteiger partial charge in [-0.15, -0.1) is 0 Å². The number of rotatable bonds is 2. The Morgan fingerprint density at radius 3 is 2.42 bits per heavy atom. The normalized spacial score (nSPS) is 11.1. The van der Waals surface area contributed by atoms with Crippen LogP contribution < -0.4 is 4.90 Å². The first-order valence-corrected chi connectivity index (χ1v) is 6.95. The monoisotopic (exact) mass is 375 g/mol. The van der Waals surface area contributed by atoms with Crippen molar-refractivity contribution in [2.75, 3.05) is 11.9 Å². The molecule has 0 saturated heterocycles. The van der Waals surface area contributed by atoms with Gasteiger partial charge in [-0.3, -0.25) is 9.69 Å². The Morgan fingerprint density at radius 1 is 1.37 bits per heavy atom. The smallest absolute Gasteiger partial charge is 0.414 e. The van der Waals surface area contributed by atoms with Crippen molar-refractivity contribution in [1.29, 1.82) is 0 Å². The summed E-state index contributed by atoms with van der Waals surface area (Å²) in [5.41, 5.74) is 1.48. The van der Waals surface area contributed by atoms with Gasteiger partial charge in [0.25, 0.3) is 0 Å². The highest BCUT2D eigenvalue weighted by Crippen LogP contribution is 2.26. The molecule has 0 N–H and O–H groups in total. The molecule has 1 aromatic rings. The van der Waals surface area contributed by atoms with Crippen LogP contribution in [0.15, 0.2) is 12.1 Å². The highest BCUT2D eigenvalue weighted by molar-refractivity contribution is 14.1. The molecule has 0 unspecified atom stereocenters. The fraction of sp³-hybridized carbons (Fsp3) is 0.429. The van der Waals surface area contributed by atoms with Gasteiger partial charge in [-0.2, -0.15) is 0 Å². The van der Waals surface area contributed by atoms with Gasteiger partial charge < -0.3 is 4.74 Å². The third-order valence-corrected chi connectivity index (χ3v) is 3.16. The van der Waals surface area contributed by atoms with E-state index in [4.69, 9.17) is 4.74 Å². The summed E-state index contributed by atoms with van der Waals surface area (Å²) >= 11 is 2.12. The van der Waals surface area contributed by atoms with E-state index < -0.39 is 11.7 Å². The van der Waals surface area contributed by atoms with Crippen molar-refractivity contribution in [1.82, 2.24) is 0 Å². The molecule has 0 bridgehead atoms. The van der Waals surface area contributed by atoms with Crippen LogP contribution in [0.5, 0.6) is 0 Å². The molecule has 5 heteroatoms. The van der Waals surface area contributed by atoms with Crippen molar-refractivity contribution < 1.29 is 14.3 Å². The molecule has 0 aliphatic carbocycles. The summed E-state index contributed by atoms with van der Waals surface area (Å²) in [7, 11) is 1.64. The van der Waals surface area contributed by atoms with Crippen LogP contribution >= 0.6 is 22.6 Å². The molecule has 1 rings (SSSR count). The Bertz CT molecular complexity index is 506. The van der Waals surface area contributed by atoms with Crippen molar-refractivity contribution in [2.24, 2.45) is 0 Å². The first kappa shape index (κ1) is 15.9. The van der Waals surface area contributed by atoms with Crippen molar-refractivity contribution >= 4 is 40.7 Å². The zero-order valence-corrected chi connectivity index (χ0v) is 13.9. The van der Waals surface area contributed by atoms with E-state index in [-0.39, 0.29) is 0 Å². The predicted molar refractivity (Wildman–Crippen MR) is 83.9 cm³/mol. The molecule has 0 saturated carbocycles. The first-order chi connectivity index (χ1) is 8.65. The molecule has 1 amide bonds. The number of benzene rings is 1. The van der Waals surface area contributed by atoms with E-state index in [2.05, 4.69) is 22.6 Å². The Balaban J connectivity index is 3.12. The largest absolute Gasteiger partial charge is 0.443 e. The van der Waals surface area contributed by atoms with Crippen LogP contribution in [0.25, 0.3) is 0 Å². The minimum Gasteiger partial charge on any atom is -0.443 e. The fourth-order valence-electron chi connectivity index (χ4n) is 1.58. The fourth-order valence-corrected chi connectivity index (χ4v) is 2.22. The van der Waals surface area contributed by atoms with Crippen LogP contribution in [-0.2, 0) is 4.74 Å². The summed E-state index contributed by atoms with van der Waals surface area (Å²) in [6, 6.07) is 3.64. The van der Waals surface area contributed by atoms with Gasteiger partial charge in [0.15, 0.2) is 0 Å². The maximum atomic E-state index is 12.0. The summed E-state index contributed by atoms with van der Waals surface area (Å²) in [6.45, 7) is 7.27. The van der Waals surface area contributed by atoms with Crippen LogP contribution in [0, 0.1) is 10.5 Å². The van der Waals surface area contributed by atoms with E-state index in [0.717, 1.165) is 15.4 Å². The number of anilines is 1. The number of halogens is 1. The summed E-state index contributed by atoms with van der Waals surface area (Å²) in [5.74, 6) is 0. The van der Waals surface area contributed by atoms with Crippen LogP contribution in [0.1, 0.15) is 36.7 Å². The minimum absolute atomic E-state index is 0.436. The molecule has 0 heterocycles. The number of hydrogen-bond acceptors (Lipinski definition) is 3. The Morgan fingerprint density at radius 2 is 1.95 bits per heavy atom. The van der Waals surface area contributed by atoms with Crippen molar-refractivity contribution in [3.63, 3.8) is 0 Å². The number of carbonyl (C=O) groups excluding carboxylic acids is 2. The average Bonchev–Trinajstić information content (AvgIpc) is 2.28. The van der Waals surface area contributed by atoms with E-state index in [1.807, 2.05) is 33.8 Å². The first-order valence-electron chi connectivity index (χ1n) is 5.87. The van der Waals surface area contributed by atoms with Gasteiger partial charge in [-0.05, 0) is 68.0 Å². The topological polar surface area (TPSA) is 46.6 Å². The quantitative estimate of drug-likeness (QED) is 0.584. The maximum absolute atomic E-state index is 12.0. The van der Waals surface area contributed by atoms with Crippen LogP contribution in [0.4, 0.5) is 10.5 Å². The number of carbonyl (C=O) groups is 2. The second-order valence-electron chi connectivity index (χ2n) is 5.30. The molecule has 0 aliphatic rings. The van der Waals surface area contributed by atoms with Crippen LogP contribution in [0.3, 0.4) is 0 Å². The van der Waals surface area contributed by atoms with Crippen LogP contribution in [-0.4, -0.2) is 25.0 Å². The van der Waals surface area contributed by atoms with E-state index in [0.29, 0.717) is 11.3 Å². The minimum atomic E-state index is -0.547. The Kier molecular flexibility index (Phi) is 4.95. The van der Waals surface area contributed by atoms with Gasteiger partial charge in [-0.25, -0.2) is 4.79 Å². The lowest BCUT2D eigenvalue weighted by Crippen LogP contribution is -2.34. The SMILES string of the molecule is Cc1c(C=O)cc(I)cc1N(C)C(=O)OC(C)(C)C. The van der Waals surface area contributed by atoms with Crippen LogP contribution in [0.2, 0.25) is 0 Å². The number of hydrogen-bond donors (Lipinski definition) is 0. The van der Waals surface area contributed by atoms with Gasteiger partial charge in [0.1, 0.15) is 11.9 Å². The molecule has 1 aromatic carbocycles. The molecule has 0 aromatic heterocycles. The summed E-state index contributed by atoms with van der Waals surface area (Å²) in [6.07, 6.45) is 0.360. The summed E-state index contributed by atoms with van der Waals surface area (Å²) in [5, 5.41) is 0. The second kappa shape index (κ2) is 5.90. The highest BCUT2D eigenvalue weighted by atomic mass is 127. The summed E-state index contributed by atoms with van der Waals surface area (Å²) in [4.78, 5) is 24.5. The van der Waals surface area contributed by atoms with E-state index >= 15 is 0 Å². The van der Waals surface area contributed by atoms with Gasteiger partial charge in [0.05, 0.1) is 5.69 Å². The zero-order valence-electron chi connectivity index (χ0n) is 11.8. The number of nitrogens with zero attached hydrogens (tertiary/aromatic N) is 1. The summed E-state index contributed by atoms with van der Waals surface area (Å²) < 4.78 is 6.22. The molecule has 0 fully saturated rings. The number of aldehydes is 1. The predicted octanol–water partition coefficient (Wildman–Crippen LogP) is 3.78. The van der Waals surface area contributed by atoms with Gasteiger partial charge in [0, 0.05) is 16.2 Å². The molecular formula is C14H18INO3. The third kappa shape index (κ3) is 4.19. The molecule has 0 spiro atoms. The molecule has 104 valence electrons. The van der Waals surface area contributed by atoms with E-state index in [1.54, 1.807) is 13.1 Å². The second-order valence-corrected chi connectivity index (χ2v) is 6.54. The lowest BCUT2D eigenvalue weighted by atomic mass is 10.1. The molecule has 0 aliphatic heterocycles. The standard InChI is InChI=1S/C14H18INO3/c1-9-10(8-17)6-11(15)7-12(9)16(5)13(18)19-14(2,3)4/h6-8H,1-5H3. The Hall–Kier alpha value is -1.11.